The molecule has 0 bridgehead atoms. The Balaban J connectivity index is 2.16. The Morgan fingerprint density at radius 2 is 2.09 bits per heavy atom. The summed E-state index contributed by atoms with van der Waals surface area (Å²) >= 11 is 1.28. The molecule has 1 aromatic rings. The SMILES string of the molecule is COc1ccc(/C=C2\SC(=NCCCO)NC2=O)cc1OC. The van der Waals surface area contributed by atoms with E-state index in [1.54, 1.807) is 32.4 Å². The lowest BCUT2D eigenvalue weighted by atomic mass is 10.2. The maximum absolute atomic E-state index is 11.9. The summed E-state index contributed by atoms with van der Waals surface area (Å²) in [5.74, 6) is 1.07. The molecule has 1 amide bonds. The van der Waals surface area contributed by atoms with E-state index in [0.29, 0.717) is 34.5 Å². The first-order valence-corrected chi connectivity index (χ1v) is 7.58. The number of amides is 1. The van der Waals surface area contributed by atoms with Crippen LogP contribution in [0.1, 0.15) is 12.0 Å². The molecular formula is C15H18N2O4S. The van der Waals surface area contributed by atoms with E-state index < -0.39 is 0 Å². The predicted molar refractivity (Wildman–Crippen MR) is 87.3 cm³/mol. The van der Waals surface area contributed by atoms with Crippen molar-refractivity contribution in [3.8, 4) is 11.5 Å². The van der Waals surface area contributed by atoms with Crippen LogP contribution in [0.3, 0.4) is 0 Å². The normalized spacial score (nSPS) is 17.9. The molecule has 1 fully saturated rings. The molecule has 0 aromatic heterocycles. The van der Waals surface area contributed by atoms with Crippen LogP contribution in [0.2, 0.25) is 0 Å². The molecule has 1 aromatic carbocycles. The third-order valence-corrected chi connectivity index (χ3v) is 3.88. The number of benzene rings is 1. The van der Waals surface area contributed by atoms with E-state index in [1.807, 2.05) is 6.07 Å². The summed E-state index contributed by atoms with van der Waals surface area (Å²) in [5, 5.41) is 12.0. The zero-order valence-electron chi connectivity index (χ0n) is 12.5. The van der Waals surface area contributed by atoms with Gasteiger partial charge in [0.2, 0.25) is 0 Å². The number of carbonyl (C=O) groups is 1. The summed E-state index contributed by atoms with van der Waals surface area (Å²) in [6.45, 7) is 0.576. The van der Waals surface area contributed by atoms with Crippen molar-refractivity contribution >= 4 is 28.9 Å². The maximum Gasteiger partial charge on any atom is 0.264 e. The topological polar surface area (TPSA) is 80.2 Å². The van der Waals surface area contributed by atoms with E-state index in [1.165, 1.54) is 11.8 Å². The Morgan fingerprint density at radius 3 is 2.77 bits per heavy atom. The summed E-state index contributed by atoms with van der Waals surface area (Å²) in [6.07, 6.45) is 2.35. The summed E-state index contributed by atoms with van der Waals surface area (Å²) in [4.78, 5) is 16.7. The highest BCUT2D eigenvalue weighted by atomic mass is 32.2. The van der Waals surface area contributed by atoms with Crippen LogP contribution in [0.25, 0.3) is 6.08 Å². The molecule has 118 valence electrons. The number of aliphatic hydroxyl groups is 1. The van der Waals surface area contributed by atoms with Gasteiger partial charge < -0.3 is 19.9 Å². The number of nitrogens with zero attached hydrogens (tertiary/aromatic N) is 1. The molecule has 0 radical (unpaired) electrons. The molecular weight excluding hydrogens is 304 g/mol. The predicted octanol–water partition coefficient (Wildman–Crippen LogP) is 1.65. The van der Waals surface area contributed by atoms with Gasteiger partial charge in [-0.05, 0) is 42.0 Å². The molecule has 0 saturated carbocycles. The van der Waals surface area contributed by atoms with Gasteiger partial charge in [0.25, 0.3) is 5.91 Å². The third kappa shape index (κ3) is 4.02. The van der Waals surface area contributed by atoms with E-state index >= 15 is 0 Å². The van der Waals surface area contributed by atoms with Crippen LogP contribution in [-0.2, 0) is 4.79 Å². The van der Waals surface area contributed by atoms with Crippen LogP contribution in [0.5, 0.6) is 11.5 Å². The fourth-order valence-corrected chi connectivity index (χ4v) is 2.69. The number of amidine groups is 1. The fraction of sp³-hybridized carbons (Fsp3) is 0.333. The second-order valence-electron chi connectivity index (χ2n) is 4.44. The quantitative estimate of drug-likeness (QED) is 0.615. The maximum atomic E-state index is 11.9. The minimum absolute atomic E-state index is 0.0870. The summed E-state index contributed by atoms with van der Waals surface area (Å²) in [6, 6.07) is 5.45. The van der Waals surface area contributed by atoms with Crippen molar-refractivity contribution < 1.29 is 19.4 Å². The summed E-state index contributed by atoms with van der Waals surface area (Å²) in [7, 11) is 3.14. The smallest absolute Gasteiger partial charge is 0.264 e. The van der Waals surface area contributed by atoms with Gasteiger partial charge in [-0.3, -0.25) is 9.79 Å². The highest BCUT2D eigenvalue weighted by Gasteiger charge is 2.23. The van der Waals surface area contributed by atoms with Crippen molar-refractivity contribution in [1.82, 2.24) is 5.32 Å². The van der Waals surface area contributed by atoms with Crippen molar-refractivity contribution in [2.45, 2.75) is 6.42 Å². The van der Waals surface area contributed by atoms with E-state index in [2.05, 4.69) is 10.3 Å². The van der Waals surface area contributed by atoms with Gasteiger partial charge in [-0.15, -0.1) is 0 Å². The van der Waals surface area contributed by atoms with Gasteiger partial charge in [-0.2, -0.15) is 0 Å². The molecule has 0 unspecified atom stereocenters. The molecule has 0 spiro atoms. The Hall–Kier alpha value is -1.99. The molecule has 1 saturated heterocycles. The molecule has 1 heterocycles. The number of thioether (sulfide) groups is 1. The number of aliphatic hydroxyl groups excluding tert-OH is 1. The second kappa shape index (κ2) is 7.86. The molecule has 7 heteroatoms. The molecule has 1 aliphatic heterocycles. The average Bonchev–Trinajstić information content (AvgIpc) is 2.87. The van der Waals surface area contributed by atoms with Gasteiger partial charge in [0.15, 0.2) is 16.7 Å². The fourth-order valence-electron chi connectivity index (χ4n) is 1.85. The molecule has 22 heavy (non-hydrogen) atoms. The number of hydrogen-bond acceptors (Lipinski definition) is 6. The molecule has 2 rings (SSSR count). The first-order valence-electron chi connectivity index (χ1n) is 6.76. The first-order chi connectivity index (χ1) is 10.7. The van der Waals surface area contributed by atoms with Gasteiger partial charge in [-0.1, -0.05) is 6.07 Å². The first kappa shape index (κ1) is 16.4. The van der Waals surface area contributed by atoms with Gasteiger partial charge in [0.05, 0.1) is 19.1 Å². The van der Waals surface area contributed by atoms with Crippen molar-refractivity contribution in [3.63, 3.8) is 0 Å². The lowest BCUT2D eigenvalue weighted by molar-refractivity contribution is -0.115. The monoisotopic (exact) mass is 322 g/mol. The van der Waals surface area contributed by atoms with E-state index in [0.717, 1.165) is 5.56 Å². The Labute approximate surface area is 133 Å². The Morgan fingerprint density at radius 1 is 1.32 bits per heavy atom. The average molecular weight is 322 g/mol. The van der Waals surface area contributed by atoms with Crippen molar-refractivity contribution in [2.24, 2.45) is 4.99 Å². The van der Waals surface area contributed by atoms with Crippen LogP contribution in [0, 0.1) is 0 Å². The van der Waals surface area contributed by atoms with Gasteiger partial charge >= 0.3 is 0 Å². The van der Waals surface area contributed by atoms with Gasteiger partial charge in [0, 0.05) is 13.2 Å². The minimum atomic E-state index is -0.178. The number of methoxy groups -OCH3 is 2. The van der Waals surface area contributed by atoms with E-state index in [4.69, 9.17) is 14.6 Å². The lowest BCUT2D eigenvalue weighted by Gasteiger charge is -2.07. The largest absolute Gasteiger partial charge is 0.493 e. The summed E-state index contributed by atoms with van der Waals surface area (Å²) in [5.41, 5.74) is 0.840. The molecule has 0 atom stereocenters. The van der Waals surface area contributed by atoms with Crippen LogP contribution < -0.4 is 14.8 Å². The van der Waals surface area contributed by atoms with Gasteiger partial charge in [-0.25, -0.2) is 0 Å². The number of ether oxygens (including phenoxy) is 2. The standard InChI is InChI=1S/C15H18N2O4S/c1-20-11-5-4-10(8-12(11)21-2)9-13-14(19)17-15(22-13)16-6-3-7-18/h4-5,8-9,18H,3,6-7H2,1-2H3,(H,16,17,19)/b13-9-. The number of nitrogens with one attached hydrogen (secondary N) is 1. The lowest BCUT2D eigenvalue weighted by Crippen LogP contribution is -2.20. The number of rotatable bonds is 6. The zero-order chi connectivity index (χ0) is 15.9. The molecule has 2 N–H and O–H groups in total. The number of hydrogen-bond donors (Lipinski definition) is 2. The van der Waals surface area contributed by atoms with Crippen molar-refractivity contribution in [1.29, 1.82) is 0 Å². The summed E-state index contributed by atoms with van der Waals surface area (Å²) < 4.78 is 10.4. The second-order valence-corrected chi connectivity index (χ2v) is 5.47. The molecule has 6 nitrogen and oxygen atoms in total. The molecule has 1 aliphatic rings. The highest BCUT2D eigenvalue weighted by Crippen LogP contribution is 2.31. The highest BCUT2D eigenvalue weighted by molar-refractivity contribution is 8.18. The Kier molecular flexibility index (Phi) is 5.85. The van der Waals surface area contributed by atoms with Crippen molar-refractivity contribution in [2.75, 3.05) is 27.4 Å². The van der Waals surface area contributed by atoms with E-state index in [9.17, 15) is 4.79 Å². The number of carbonyl (C=O) groups excluding carboxylic acids is 1. The third-order valence-electron chi connectivity index (χ3n) is 2.93. The van der Waals surface area contributed by atoms with Crippen LogP contribution in [0.4, 0.5) is 0 Å². The van der Waals surface area contributed by atoms with E-state index in [-0.39, 0.29) is 12.5 Å². The van der Waals surface area contributed by atoms with Crippen LogP contribution >= 0.6 is 11.8 Å². The van der Waals surface area contributed by atoms with Crippen LogP contribution in [-0.4, -0.2) is 43.6 Å². The van der Waals surface area contributed by atoms with Crippen LogP contribution in [0.15, 0.2) is 28.1 Å². The Bertz CT molecular complexity index is 614. The minimum Gasteiger partial charge on any atom is -0.493 e. The van der Waals surface area contributed by atoms with Crippen molar-refractivity contribution in [3.05, 3.63) is 28.7 Å². The zero-order valence-corrected chi connectivity index (χ0v) is 13.3. The number of aliphatic imine (C=N–C) groups is 1. The molecule has 0 aliphatic carbocycles. The van der Waals surface area contributed by atoms with Gasteiger partial charge in [0.1, 0.15) is 0 Å².